The zero-order valence-electron chi connectivity index (χ0n) is 11.4. The third-order valence-electron chi connectivity index (χ3n) is 4.08. The van der Waals surface area contributed by atoms with E-state index < -0.39 is 8.96 Å². The maximum atomic E-state index is 6.04. The first-order chi connectivity index (χ1) is 8.32. The summed E-state index contributed by atoms with van der Waals surface area (Å²) in [4.78, 5) is 0. The van der Waals surface area contributed by atoms with Crippen molar-refractivity contribution < 1.29 is 9.47 Å². The van der Waals surface area contributed by atoms with E-state index in [9.17, 15) is 0 Å². The molecule has 17 heavy (non-hydrogen) atoms. The van der Waals surface area contributed by atoms with Gasteiger partial charge in [-0.15, -0.1) is 0 Å². The van der Waals surface area contributed by atoms with Crippen LogP contribution in [0.5, 0.6) is 0 Å². The molecule has 2 aliphatic heterocycles. The van der Waals surface area contributed by atoms with Crippen LogP contribution < -0.4 is 0 Å². The highest BCUT2D eigenvalue weighted by molar-refractivity contribution is 6.56. The molecule has 0 aromatic rings. The second-order valence-corrected chi connectivity index (χ2v) is 8.25. The monoisotopic (exact) mass is 257 g/mol. The average molecular weight is 257 g/mol. The molecule has 0 unspecified atom stereocenters. The normalized spacial score (nSPS) is 26.5. The molecule has 0 aromatic carbocycles. The molecule has 3 nitrogen and oxygen atoms in total. The highest BCUT2D eigenvalue weighted by atomic mass is 28.3. The van der Waals surface area contributed by atoms with Crippen LogP contribution in [-0.2, 0) is 9.47 Å². The summed E-state index contributed by atoms with van der Waals surface area (Å²) in [6.45, 7) is 6.89. The van der Waals surface area contributed by atoms with Crippen LogP contribution in [0, 0.1) is 0 Å². The Morgan fingerprint density at radius 2 is 1.65 bits per heavy atom. The van der Waals surface area contributed by atoms with Crippen molar-refractivity contribution in [2.24, 2.45) is 0 Å². The topological polar surface area (TPSA) is 21.7 Å². The maximum absolute atomic E-state index is 6.04. The SMILES string of the molecule is CCOC1(OCC)CCCN1[SiH]1CCCCC1. The third-order valence-corrected chi connectivity index (χ3v) is 7.77. The van der Waals surface area contributed by atoms with Crippen LogP contribution in [0.25, 0.3) is 0 Å². The van der Waals surface area contributed by atoms with Crippen molar-refractivity contribution >= 4 is 8.96 Å². The Kier molecular flexibility index (Phi) is 5.03. The molecule has 0 aliphatic carbocycles. The first-order valence-electron chi connectivity index (χ1n) is 7.37. The summed E-state index contributed by atoms with van der Waals surface area (Å²) in [6.07, 6.45) is 6.61. The number of nitrogens with zero attached hydrogens (tertiary/aromatic N) is 1. The Bertz CT molecular complexity index is 225. The molecular formula is C13H27NO2Si. The lowest BCUT2D eigenvalue weighted by Gasteiger charge is -2.42. The van der Waals surface area contributed by atoms with Crippen LogP contribution in [0.15, 0.2) is 0 Å². The lowest BCUT2D eigenvalue weighted by atomic mass is 10.3. The standard InChI is InChI=1S/C13H27NO2Si/c1-3-15-13(16-4-2)9-8-10-14(13)17-11-6-5-7-12-17/h17H,3-12H2,1-2H3. The van der Waals surface area contributed by atoms with Crippen LogP contribution in [-0.4, -0.2) is 39.2 Å². The van der Waals surface area contributed by atoms with Gasteiger partial charge in [0, 0.05) is 19.6 Å². The number of hydrogen-bond donors (Lipinski definition) is 0. The molecule has 4 heteroatoms. The van der Waals surface area contributed by atoms with Gasteiger partial charge in [-0.25, -0.2) is 0 Å². The zero-order valence-corrected chi connectivity index (χ0v) is 12.6. The van der Waals surface area contributed by atoms with Gasteiger partial charge in [-0.2, -0.15) is 0 Å². The maximum Gasteiger partial charge on any atom is 0.223 e. The first-order valence-corrected chi connectivity index (χ1v) is 9.52. The van der Waals surface area contributed by atoms with E-state index in [0.29, 0.717) is 0 Å². The minimum Gasteiger partial charge on any atom is -0.338 e. The van der Waals surface area contributed by atoms with E-state index in [1.807, 2.05) is 0 Å². The summed E-state index contributed by atoms with van der Waals surface area (Å²) in [7, 11) is -0.783. The van der Waals surface area contributed by atoms with Gasteiger partial charge < -0.3 is 9.47 Å². The summed E-state index contributed by atoms with van der Waals surface area (Å²) in [5.41, 5.74) is 0. The van der Waals surface area contributed by atoms with E-state index in [1.54, 1.807) is 0 Å². The van der Waals surface area contributed by atoms with E-state index in [1.165, 1.54) is 44.3 Å². The predicted octanol–water partition coefficient (Wildman–Crippen LogP) is 2.72. The van der Waals surface area contributed by atoms with Crippen molar-refractivity contribution in [2.45, 2.75) is 64.0 Å². The van der Waals surface area contributed by atoms with Crippen LogP contribution >= 0.6 is 0 Å². The number of hydrogen-bond acceptors (Lipinski definition) is 3. The molecule has 0 saturated carbocycles. The van der Waals surface area contributed by atoms with Gasteiger partial charge in [-0.1, -0.05) is 19.3 Å². The van der Waals surface area contributed by atoms with Crippen molar-refractivity contribution in [1.29, 1.82) is 0 Å². The van der Waals surface area contributed by atoms with E-state index in [0.717, 1.165) is 19.6 Å². The van der Waals surface area contributed by atoms with Gasteiger partial charge >= 0.3 is 0 Å². The minimum absolute atomic E-state index is 0.336. The molecule has 2 fully saturated rings. The molecule has 0 spiro atoms. The fourth-order valence-corrected chi connectivity index (χ4v) is 7.26. The lowest BCUT2D eigenvalue weighted by Crippen LogP contribution is -2.55. The Hall–Kier alpha value is 0.0969. The molecule has 0 amide bonds. The largest absolute Gasteiger partial charge is 0.338 e. The Morgan fingerprint density at radius 1 is 1.00 bits per heavy atom. The molecule has 2 saturated heterocycles. The average Bonchev–Trinajstić information content (AvgIpc) is 2.75. The van der Waals surface area contributed by atoms with Gasteiger partial charge in [0.15, 0.2) is 0 Å². The molecule has 100 valence electrons. The molecule has 2 heterocycles. The fraction of sp³-hybridized carbons (Fsp3) is 1.00. The van der Waals surface area contributed by atoms with E-state index in [-0.39, 0.29) is 5.91 Å². The van der Waals surface area contributed by atoms with Crippen LogP contribution in [0.2, 0.25) is 12.1 Å². The van der Waals surface area contributed by atoms with Crippen LogP contribution in [0.3, 0.4) is 0 Å². The molecular weight excluding hydrogens is 230 g/mol. The fourth-order valence-electron chi connectivity index (χ4n) is 3.44. The smallest absolute Gasteiger partial charge is 0.223 e. The summed E-state index contributed by atoms with van der Waals surface area (Å²) in [5, 5.41) is 0. The second-order valence-electron chi connectivity index (χ2n) is 5.17. The Balaban J connectivity index is 2.06. The lowest BCUT2D eigenvalue weighted by molar-refractivity contribution is -0.280. The first kappa shape index (κ1) is 13.5. The van der Waals surface area contributed by atoms with Crippen LogP contribution in [0.1, 0.15) is 46.0 Å². The molecule has 2 aliphatic rings. The van der Waals surface area contributed by atoms with Crippen molar-refractivity contribution in [3.63, 3.8) is 0 Å². The quantitative estimate of drug-likeness (QED) is 0.558. The molecule has 0 N–H and O–H groups in total. The van der Waals surface area contributed by atoms with E-state index >= 15 is 0 Å². The summed E-state index contributed by atoms with van der Waals surface area (Å²) in [5.74, 6) is -0.336. The van der Waals surface area contributed by atoms with Gasteiger partial charge in [-0.3, -0.25) is 4.57 Å². The van der Waals surface area contributed by atoms with Gasteiger partial charge in [0.05, 0.1) is 0 Å². The van der Waals surface area contributed by atoms with Crippen molar-refractivity contribution in [3.05, 3.63) is 0 Å². The van der Waals surface area contributed by atoms with Crippen molar-refractivity contribution in [3.8, 4) is 0 Å². The predicted molar refractivity (Wildman–Crippen MR) is 72.5 cm³/mol. The second kappa shape index (κ2) is 6.32. The minimum atomic E-state index is -0.783. The summed E-state index contributed by atoms with van der Waals surface area (Å²) < 4.78 is 14.7. The number of rotatable bonds is 5. The summed E-state index contributed by atoms with van der Waals surface area (Å²) in [6, 6.07) is 2.92. The Morgan fingerprint density at radius 3 is 2.24 bits per heavy atom. The van der Waals surface area contributed by atoms with Crippen molar-refractivity contribution in [1.82, 2.24) is 4.57 Å². The summed E-state index contributed by atoms with van der Waals surface area (Å²) >= 11 is 0. The molecule has 0 radical (unpaired) electrons. The van der Waals surface area contributed by atoms with Crippen LogP contribution in [0.4, 0.5) is 0 Å². The zero-order chi connectivity index (χ0) is 12.1. The Labute approximate surface area is 107 Å². The molecule has 0 aromatic heterocycles. The van der Waals surface area contributed by atoms with Gasteiger partial charge in [0.1, 0.15) is 8.96 Å². The highest BCUT2D eigenvalue weighted by Gasteiger charge is 2.46. The van der Waals surface area contributed by atoms with Crippen molar-refractivity contribution in [2.75, 3.05) is 19.8 Å². The van der Waals surface area contributed by atoms with E-state index in [4.69, 9.17) is 9.47 Å². The highest BCUT2D eigenvalue weighted by Crippen LogP contribution is 2.36. The molecule has 2 rings (SSSR count). The molecule has 0 bridgehead atoms. The molecule has 0 atom stereocenters. The van der Waals surface area contributed by atoms with Gasteiger partial charge in [0.2, 0.25) is 5.91 Å². The number of ether oxygens (including phenoxy) is 2. The van der Waals surface area contributed by atoms with E-state index in [2.05, 4.69) is 18.4 Å². The third kappa shape index (κ3) is 2.92. The van der Waals surface area contributed by atoms with Gasteiger partial charge in [-0.05, 0) is 38.9 Å². The van der Waals surface area contributed by atoms with Gasteiger partial charge in [0.25, 0.3) is 0 Å².